The normalized spacial score (nSPS) is 11.8. The highest BCUT2D eigenvalue weighted by atomic mass is 16.3. The third kappa shape index (κ3) is 5.76. The second-order valence-electron chi connectivity index (χ2n) is 15.8. The zero-order chi connectivity index (χ0) is 39.1. The molecule has 9 aromatic carbocycles. The van der Waals surface area contributed by atoms with E-state index in [-0.39, 0.29) is 0 Å². The van der Waals surface area contributed by atoms with Crippen molar-refractivity contribution < 1.29 is 8.83 Å². The van der Waals surface area contributed by atoms with Crippen molar-refractivity contribution in [2.24, 2.45) is 0 Å². The van der Waals surface area contributed by atoms with Gasteiger partial charge in [-0.25, -0.2) is 0 Å². The Kier molecular flexibility index (Phi) is 7.70. The first-order valence-corrected chi connectivity index (χ1v) is 19.9. The molecule has 11 aromatic rings. The number of fused-ring (bicyclic) bond motifs is 8. The Bertz CT molecular complexity index is 3170. The summed E-state index contributed by atoms with van der Waals surface area (Å²) >= 11 is 0. The van der Waals surface area contributed by atoms with Gasteiger partial charge < -0.3 is 18.6 Å². The molecular weight excluding hydrogens is 709 g/mol. The summed E-state index contributed by atoms with van der Waals surface area (Å²) in [6.45, 7) is 8.53. The summed E-state index contributed by atoms with van der Waals surface area (Å²) in [5.74, 6) is 0. The Morgan fingerprint density at radius 1 is 0.276 bits per heavy atom. The number of nitrogens with zero attached hydrogens (tertiary/aromatic N) is 2. The zero-order valence-corrected chi connectivity index (χ0v) is 32.9. The highest BCUT2D eigenvalue weighted by Crippen LogP contribution is 2.43. The van der Waals surface area contributed by atoms with Gasteiger partial charge in [-0.1, -0.05) is 71.8 Å². The maximum Gasteiger partial charge on any atom is 0.139 e. The van der Waals surface area contributed by atoms with Crippen LogP contribution < -0.4 is 9.80 Å². The highest BCUT2D eigenvalue weighted by Gasteiger charge is 2.19. The van der Waals surface area contributed by atoms with Crippen LogP contribution >= 0.6 is 0 Å². The smallest absolute Gasteiger partial charge is 0.139 e. The standard InChI is InChI=1S/C54H40N2O2/c1-33-11-17-41(18-12-33)55(43-9-5-7-35(3)23-43)45-21-15-37-27-47-49-31-50-48-28-38-16-22-46(56(42-19-13-34(2)14-20-42)44-10-6-8-36(4)24-44)26-40(38)30-52(48)58-54(50)32-53(49)57-51(47)29-39(37)25-45/h5-32H,1-4H3. The maximum atomic E-state index is 6.60. The average molecular weight is 749 g/mol. The van der Waals surface area contributed by atoms with Crippen molar-refractivity contribution in [3.63, 3.8) is 0 Å². The minimum absolute atomic E-state index is 0.817. The van der Waals surface area contributed by atoms with Crippen molar-refractivity contribution >= 4 is 99.5 Å². The fourth-order valence-electron chi connectivity index (χ4n) is 8.60. The highest BCUT2D eigenvalue weighted by molar-refractivity contribution is 6.18. The fourth-order valence-corrected chi connectivity index (χ4v) is 8.60. The van der Waals surface area contributed by atoms with Crippen LogP contribution in [0.4, 0.5) is 34.1 Å². The molecule has 11 rings (SSSR count). The summed E-state index contributed by atoms with van der Waals surface area (Å²) in [6, 6.07) is 61.4. The van der Waals surface area contributed by atoms with Crippen molar-refractivity contribution in [3.05, 3.63) is 192 Å². The van der Waals surface area contributed by atoms with E-state index in [1.165, 1.54) is 22.3 Å². The van der Waals surface area contributed by atoms with Crippen molar-refractivity contribution in [2.45, 2.75) is 27.7 Å². The Hall–Kier alpha value is -7.30. The molecule has 0 atom stereocenters. The second-order valence-corrected chi connectivity index (χ2v) is 15.8. The lowest BCUT2D eigenvalue weighted by atomic mass is 10.0. The van der Waals surface area contributed by atoms with E-state index in [2.05, 4.69) is 207 Å². The molecule has 0 saturated carbocycles. The first-order valence-electron chi connectivity index (χ1n) is 19.9. The van der Waals surface area contributed by atoms with E-state index in [4.69, 9.17) is 8.83 Å². The summed E-state index contributed by atoms with van der Waals surface area (Å²) in [5, 5.41) is 8.93. The summed E-state index contributed by atoms with van der Waals surface area (Å²) in [6.07, 6.45) is 0. The summed E-state index contributed by atoms with van der Waals surface area (Å²) in [7, 11) is 0. The van der Waals surface area contributed by atoms with Gasteiger partial charge in [0.15, 0.2) is 0 Å². The van der Waals surface area contributed by atoms with Crippen LogP contribution in [0, 0.1) is 27.7 Å². The zero-order valence-electron chi connectivity index (χ0n) is 32.9. The van der Waals surface area contributed by atoms with Crippen LogP contribution in [0.3, 0.4) is 0 Å². The molecule has 0 saturated heterocycles. The minimum atomic E-state index is 0.817. The van der Waals surface area contributed by atoms with Gasteiger partial charge in [-0.05, 0) is 163 Å². The Morgan fingerprint density at radius 3 is 1.09 bits per heavy atom. The first-order chi connectivity index (χ1) is 28.3. The van der Waals surface area contributed by atoms with Crippen molar-refractivity contribution in [2.75, 3.05) is 9.80 Å². The predicted octanol–water partition coefficient (Wildman–Crippen LogP) is 16.0. The van der Waals surface area contributed by atoms with Crippen molar-refractivity contribution in [1.82, 2.24) is 0 Å². The molecule has 0 amide bonds. The number of hydrogen-bond acceptors (Lipinski definition) is 4. The Balaban J connectivity index is 1.00. The largest absolute Gasteiger partial charge is 0.456 e. The molecule has 0 aliphatic rings. The van der Waals surface area contributed by atoms with Crippen LogP contribution in [0.1, 0.15) is 22.3 Å². The van der Waals surface area contributed by atoms with Crippen LogP contribution in [0.25, 0.3) is 65.4 Å². The number of rotatable bonds is 6. The van der Waals surface area contributed by atoms with Crippen LogP contribution in [-0.4, -0.2) is 0 Å². The molecule has 0 unspecified atom stereocenters. The third-order valence-corrected chi connectivity index (χ3v) is 11.6. The van der Waals surface area contributed by atoms with Crippen molar-refractivity contribution in [1.29, 1.82) is 0 Å². The lowest BCUT2D eigenvalue weighted by molar-refractivity contribution is 0.656. The molecule has 0 fully saturated rings. The lowest BCUT2D eigenvalue weighted by Gasteiger charge is -2.26. The van der Waals surface area contributed by atoms with Crippen LogP contribution in [0.5, 0.6) is 0 Å². The van der Waals surface area contributed by atoms with E-state index in [1.807, 2.05) is 0 Å². The van der Waals surface area contributed by atoms with E-state index >= 15 is 0 Å². The van der Waals surface area contributed by atoms with Gasteiger partial charge in [0.1, 0.15) is 22.3 Å². The molecule has 0 aliphatic heterocycles. The Morgan fingerprint density at radius 2 is 0.655 bits per heavy atom. The quantitative estimate of drug-likeness (QED) is 0.170. The van der Waals surface area contributed by atoms with E-state index < -0.39 is 0 Å². The van der Waals surface area contributed by atoms with Gasteiger partial charge in [-0.2, -0.15) is 0 Å². The van der Waals surface area contributed by atoms with Gasteiger partial charge in [0.25, 0.3) is 0 Å². The fraction of sp³-hybridized carbons (Fsp3) is 0.0741. The molecule has 0 spiro atoms. The number of hydrogen-bond donors (Lipinski definition) is 0. The molecule has 0 aliphatic carbocycles. The van der Waals surface area contributed by atoms with Crippen LogP contribution in [-0.2, 0) is 0 Å². The van der Waals surface area contributed by atoms with E-state index in [1.54, 1.807) is 0 Å². The number of aryl methyl sites for hydroxylation is 4. The molecule has 4 nitrogen and oxygen atoms in total. The van der Waals surface area contributed by atoms with E-state index in [9.17, 15) is 0 Å². The maximum absolute atomic E-state index is 6.60. The van der Waals surface area contributed by atoms with Gasteiger partial charge in [0.05, 0.1) is 0 Å². The van der Waals surface area contributed by atoms with Gasteiger partial charge in [0, 0.05) is 61.7 Å². The van der Waals surface area contributed by atoms with Gasteiger partial charge in [0.2, 0.25) is 0 Å². The summed E-state index contributed by atoms with van der Waals surface area (Å²) in [4.78, 5) is 4.64. The van der Waals surface area contributed by atoms with E-state index in [0.717, 1.165) is 99.5 Å². The van der Waals surface area contributed by atoms with Crippen molar-refractivity contribution in [3.8, 4) is 0 Å². The molecule has 278 valence electrons. The summed E-state index contributed by atoms with van der Waals surface area (Å²) in [5.41, 5.74) is 15.0. The first kappa shape index (κ1) is 34.0. The minimum Gasteiger partial charge on any atom is -0.456 e. The second kappa shape index (κ2) is 13.1. The van der Waals surface area contributed by atoms with Crippen LogP contribution in [0.2, 0.25) is 0 Å². The molecule has 0 N–H and O–H groups in total. The third-order valence-electron chi connectivity index (χ3n) is 11.6. The Labute approximate surface area is 336 Å². The number of benzene rings is 9. The number of anilines is 6. The van der Waals surface area contributed by atoms with Crippen LogP contribution in [0.15, 0.2) is 179 Å². The molecule has 0 bridgehead atoms. The van der Waals surface area contributed by atoms with Gasteiger partial charge in [-0.15, -0.1) is 0 Å². The molecule has 0 radical (unpaired) electrons. The molecule has 4 heteroatoms. The summed E-state index contributed by atoms with van der Waals surface area (Å²) < 4.78 is 13.2. The monoisotopic (exact) mass is 748 g/mol. The molecule has 58 heavy (non-hydrogen) atoms. The topological polar surface area (TPSA) is 32.8 Å². The lowest BCUT2D eigenvalue weighted by Crippen LogP contribution is -2.10. The molecular formula is C54H40N2O2. The van der Waals surface area contributed by atoms with Gasteiger partial charge >= 0.3 is 0 Å². The average Bonchev–Trinajstić information content (AvgIpc) is 3.75. The molecule has 2 heterocycles. The SMILES string of the molecule is Cc1ccc(N(c2cccc(C)c2)c2ccc3cc4c(cc3c2)oc2cc3oc5cc6cc(N(c7ccc(C)cc7)c7cccc(C)c7)ccc6cc5c3cc24)cc1. The number of furan rings is 2. The molecule has 2 aromatic heterocycles. The predicted molar refractivity (Wildman–Crippen MR) is 244 cm³/mol. The van der Waals surface area contributed by atoms with Gasteiger partial charge in [-0.3, -0.25) is 0 Å². The van der Waals surface area contributed by atoms with E-state index in [0.29, 0.717) is 0 Å².